The molecular formula is C20H28N4O. The summed E-state index contributed by atoms with van der Waals surface area (Å²) in [4.78, 5) is 23.7. The number of amides is 1. The fraction of sp³-hybridized carbons (Fsp3) is 0.750. The van der Waals surface area contributed by atoms with Crippen LogP contribution in [0.5, 0.6) is 0 Å². The zero-order chi connectivity index (χ0) is 16.8. The first kappa shape index (κ1) is 15.6. The molecule has 0 unspecified atom stereocenters. The topological polar surface area (TPSA) is 58.1 Å². The lowest BCUT2D eigenvalue weighted by Gasteiger charge is -2.35. The highest BCUT2D eigenvalue weighted by Crippen LogP contribution is 2.58. The SMILES string of the molecule is O=C(N[C@@H]1C[C@H]2C[C@H]1[C@@H]1CCC[C@H]21)C1CCN(c2ncccn2)CC1. The van der Waals surface area contributed by atoms with Crippen molar-refractivity contribution < 1.29 is 4.79 Å². The normalized spacial score (nSPS) is 37.3. The minimum absolute atomic E-state index is 0.165. The lowest BCUT2D eigenvalue weighted by atomic mass is 9.79. The maximum Gasteiger partial charge on any atom is 0.225 e. The molecule has 2 bridgehead atoms. The monoisotopic (exact) mass is 340 g/mol. The van der Waals surface area contributed by atoms with Crippen molar-refractivity contribution in [2.75, 3.05) is 18.0 Å². The van der Waals surface area contributed by atoms with E-state index in [2.05, 4.69) is 20.2 Å². The smallest absolute Gasteiger partial charge is 0.225 e. The molecule has 1 N–H and O–H groups in total. The largest absolute Gasteiger partial charge is 0.353 e. The number of piperidine rings is 1. The molecular weight excluding hydrogens is 312 g/mol. The Balaban J connectivity index is 1.15. The van der Waals surface area contributed by atoms with Crippen molar-refractivity contribution in [1.82, 2.24) is 15.3 Å². The molecule has 4 aliphatic rings. The Morgan fingerprint density at radius 3 is 2.56 bits per heavy atom. The lowest BCUT2D eigenvalue weighted by molar-refractivity contribution is -0.126. The second kappa shape index (κ2) is 6.26. The Morgan fingerprint density at radius 2 is 1.76 bits per heavy atom. The van der Waals surface area contributed by atoms with Gasteiger partial charge >= 0.3 is 0 Å². The molecule has 3 aliphatic carbocycles. The third-order valence-corrected chi connectivity index (χ3v) is 7.46. The summed E-state index contributed by atoms with van der Waals surface area (Å²) in [6.07, 6.45) is 12.3. The second-order valence-electron chi connectivity index (χ2n) is 8.58. The number of anilines is 1. The van der Waals surface area contributed by atoms with Gasteiger partial charge in [0.05, 0.1) is 0 Å². The maximum atomic E-state index is 12.8. The summed E-state index contributed by atoms with van der Waals surface area (Å²) in [7, 11) is 0. The first-order chi connectivity index (χ1) is 12.3. The van der Waals surface area contributed by atoms with Crippen molar-refractivity contribution in [3.05, 3.63) is 18.5 Å². The minimum atomic E-state index is 0.165. The summed E-state index contributed by atoms with van der Waals surface area (Å²) in [6, 6.07) is 2.31. The number of carbonyl (C=O) groups is 1. The van der Waals surface area contributed by atoms with E-state index in [1.165, 1.54) is 32.1 Å². The van der Waals surface area contributed by atoms with Crippen LogP contribution in [0.15, 0.2) is 18.5 Å². The molecule has 0 radical (unpaired) electrons. The molecule has 1 amide bonds. The molecule has 1 aromatic rings. The number of nitrogens with zero attached hydrogens (tertiary/aromatic N) is 3. The van der Waals surface area contributed by atoms with Crippen molar-refractivity contribution in [1.29, 1.82) is 0 Å². The first-order valence-electron chi connectivity index (χ1n) is 10.1. The van der Waals surface area contributed by atoms with Gasteiger partial charge in [-0.25, -0.2) is 9.97 Å². The van der Waals surface area contributed by atoms with E-state index in [0.29, 0.717) is 11.9 Å². The summed E-state index contributed by atoms with van der Waals surface area (Å²) in [5.74, 6) is 4.86. The third kappa shape index (κ3) is 2.72. The molecule has 0 spiro atoms. The van der Waals surface area contributed by atoms with E-state index in [4.69, 9.17) is 0 Å². The number of nitrogens with one attached hydrogen (secondary N) is 1. The van der Waals surface area contributed by atoms with Crippen LogP contribution >= 0.6 is 0 Å². The highest BCUT2D eigenvalue weighted by atomic mass is 16.2. The molecule has 2 heterocycles. The van der Waals surface area contributed by atoms with Crippen LogP contribution in [0.3, 0.4) is 0 Å². The molecule has 5 atom stereocenters. The average molecular weight is 340 g/mol. The predicted molar refractivity (Wildman–Crippen MR) is 95.9 cm³/mol. The Labute approximate surface area is 149 Å². The molecule has 134 valence electrons. The van der Waals surface area contributed by atoms with Gasteiger partial charge in [-0.1, -0.05) is 6.42 Å². The van der Waals surface area contributed by atoms with Gasteiger partial charge in [-0.3, -0.25) is 4.79 Å². The molecule has 1 saturated heterocycles. The van der Waals surface area contributed by atoms with Crippen LogP contribution < -0.4 is 10.2 Å². The van der Waals surface area contributed by atoms with Crippen LogP contribution in [-0.2, 0) is 4.79 Å². The van der Waals surface area contributed by atoms with Gasteiger partial charge < -0.3 is 10.2 Å². The molecule has 5 heteroatoms. The van der Waals surface area contributed by atoms with Crippen molar-refractivity contribution >= 4 is 11.9 Å². The number of hydrogen-bond donors (Lipinski definition) is 1. The van der Waals surface area contributed by atoms with Gasteiger partial charge in [-0.2, -0.15) is 0 Å². The number of hydrogen-bond acceptors (Lipinski definition) is 4. The second-order valence-corrected chi connectivity index (χ2v) is 8.58. The van der Waals surface area contributed by atoms with Gasteiger partial charge in [-0.15, -0.1) is 0 Å². The highest BCUT2D eigenvalue weighted by molar-refractivity contribution is 5.79. The summed E-state index contributed by atoms with van der Waals surface area (Å²) in [5.41, 5.74) is 0. The first-order valence-corrected chi connectivity index (χ1v) is 10.1. The van der Waals surface area contributed by atoms with Crippen LogP contribution in [0.1, 0.15) is 44.9 Å². The van der Waals surface area contributed by atoms with E-state index < -0.39 is 0 Å². The zero-order valence-corrected chi connectivity index (χ0v) is 14.8. The van der Waals surface area contributed by atoms with E-state index >= 15 is 0 Å². The maximum absolute atomic E-state index is 12.8. The quantitative estimate of drug-likeness (QED) is 0.919. The van der Waals surface area contributed by atoms with Crippen LogP contribution in [0.2, 0.25) is 0 Å². The summed E-state index contributed by atoms with van der Waals surface area (Å²) >= 11 is 0. The summed E-state index contributed by atoms with van der Waals surface area (Å²) in [6.45, 7) is 1.76. The fourth-order valence-electron chi connectivity index (χ4n) is 6.33. The van der Waals surface area contributed by atoms with Crippen molar-refractivity contribution in [3.63, 3.8) is 0 Å². The van der Waals surface area contributed by atoms with Gasteiger partial charge in [0.1, 0.15) is 0 Å². The van der Waals surface area contributed by atoms with Gasteiger partial charge in [-0.05, 0) is 68.3 Å². The van der Waals surface area contributed by atoms with Crippen molar-refractivity contribution in [2.24, 2.45) is 29.6 Å². The van der Waals surface area contributed by atoms with E-state index in [1.54, 1.807) is 12.4 Å². The van der Waals surface area contributed by atoms with E-state index in [1.807, 2.05) is 6.07 Å². The van der Waals surface area contributed by atoms with Crippen LogP contribution in [0.25, 0.3) is 0 Å². The lowest BCUT2D eigenvalue weighted by Crippen LogP contribution is -2.47. The van der Waals surface area contributed by atoms with Gasteiger partial charge in [0, 0.05) is 37.4 Å². The zero-order valence-electron chi connectivity index (χ0n) is 14.8. The molecule has 1 aromatic heterocycles. The third-order valence-electron chi connectivity index (χ3n) is 7.46. The number of carbonyl (C=O) groups excluding carboxylic acids is 1. The number of aromatic nitrogens is 2. The van der Waals surface area contributed by atoms with Crippen LogP contribution in [0, 0.1) is 29.6 Å². The highest BCUT2D eigenvalue weighted by Gasteiger charge is 2.54. The van der Waals surface area contributed by atoms with E-state index in [0.717, 1.165) is 55.6 Å². The Bertz CT molecular complexity index is 628. The van der Waals surface area contributed by atoms with E-state index in [9.17, 15) is 4.79 Å². The Morgan fingerprint density at radius 1 is 1.00 bits per heavy atom. The number of rotatable bonds is 3. The summed E-state index contributed by atoms with van der Waals surface area (Å²) < 4.78 is 0. The molecule has 3 saturated carbocycles. The van der Waals surface area contributed by atoms with Crippen LogP contribution in [0.4, 0.5) is 5.95 Å². The molecule has 4 fully saturated rings. The van der Waals surface area contributed by atoms with Crippen molar-refractivity contribution in [2.45, 2.75) is 51.0 Å². The van der Waals surface area contributed by atoms with Crippen LogP contribution in [-0.4, -0.2) is 35.0 Å². The Kier molecular flexibility index (Phi) is 3.90. The van der Waals surface area contributed by atoms with Gasteiger partial charge in [0.15, 0.2) is 0 Å². The van der Waals surface area contributed by atoms with E-state index in [-0.39, 0.29) is 5.92 Å². The standard InChI is InChI=1S/C20H28N4O/c25-19(13-5-9-24(10-6-13)20-21-7-2-8-22-20)23-18-12-14-11-17(18)16-4-1-3-15(14)16/h2,7-8,13-18H,1,3-6,9-12H2,(H,23,25)/t14-,15-,16-,17+,18-/m1/s1. The molecule has 25 heavy (non-hydrogen) atoms. The van der Waals surface area contributed by atoms with Gasteiger partial charge in [0.2, 0.25) is 11.9 Å². The Hall–Kier alpha value is -1.65. The van der Waals surface area contributed by atoms with Gasteiger partial charge in [0.25, 0.3) is 0 Å². The molecule has 5 rings (SSSR count). The summed E-state index contributed by atoms with van der Waals surface area (Å²) in [5, 5.41) is 3.46. The van der Waals surface area contributed by atoms with Crippen molar-refractivity contribution in [3.8, 4) is 0 Å². The number of fused-ring (bicyclic) bond motifs is 5. The average Bonchev–Trinajstić information content (AvgIpc) is 3.36. The molecule has 0 aromatic carbocycles. The molecule has 5 nitrogen and oxygen atoms in total. The minimum Gasteiger partial charge on any atom is -0.353 e. The fourth-order valence-corrected chi connectivity index (χ4v) is 6.33. The predicted octanol–water partition coefficient (Wildman–Crippen LogP) is 2.63. The molecule has 1 aliphatic heterocycles.